The molecule has 1 aliphatic heterocycles. The molecule has 146 valence electrons. The highest BCUT2D eigenvalue weighted by atomic mass is 16.2. The maximum atomic E-state index is 12.7. The number of H-pyrrole nitrogens is 1. The van der Waals surface area contributed by atoms with Crippen LogP contribution in [0.2, 0.25) is 0 Å². The summed E-state index contributed by atoms with van der Waals surface area (Å²) in [4.78, 5) is 29.3. The van der Waals surface area contributed by atoms with Crippen molar-refractivity contribution in [1.29, 1.82) is 0 Å². The Balaban J connectivity index is 1.71. The molecule has 2 amide bonds. The SMILES string of the molecule is CCc1[nH]c2c(CNC(=O)[C@H]3CCCN(CC(N)=O)C3)cc(C)cc2c1C. The minimum atomic E-state index is -0.341. The molecule has 1 aromatic heterocycles. The first kappa shape index (κ1) is 19.4. The molecule has 0 aliphatic carbocycles. The van der Waals surface area contributed by atoms with E-state index in [2.05, 4.69) is 43.2 Å². The van der Waals surface area contributed by atoms with Crippen molar-refractivity contribution in [1.82, 2.24) is 15.2 Å². The van der Waals surface area contributed by atoms with Crippen molar-refractivity contribution < 1.29 is 9.59 Å². The van der Waals surface area contributed by atoms with Gasteiger partial charge in [0, 0.05) is 24.2 Å². The lowest BCUT2D eigenvalue weighted by molar-refractivity contribution is -0.128. The lowest BCUT2D eigenvalue weighted by Gasteiger charge is -2.31. The van der Waals surface area contributed by atoms with Crippen LogP contribution in [0, 0.1) is 19.8 Å². The van der Waals surface area contributed by atoms with E-state index in [9.17, 15) is 9.59 Å². The van der Waals surface area contributed by atoms with Gasteiger partial charge in [-0.05, 0) is 56.8 Å². The number of likely N-dealkylation sites (tertiary alicyclic amines) is 1. The van der Waals surface area contributed by atoms with Gasteiger partial charge in [0.1, 0.15) is 0 Å². The molecule has 1 saturated heterocycles. The summed E-state index contributed by atoms with van der Waals surface area (Å²) in [6, 6.07) is 4.34. The van der Waals surface area contributed by atoms with Crippen molar-refractivity contribution in [3.8, 4) is 0 Å². The third kappa shape index (κ3) is 4.33. The van der Waals surface area contributed by atoms with Crippen LogP contribution in [0.4, 0.5) is 0 Å². The van der Waals surface area contributed by atoms with E-state index in [0.717, 1.165) is 36.9 Å². The number of rotatable bonds is 6. The molecule has 0 spiro atoms. The molecule has 1 aliphatic rings. The molecule has 3 rings (SSSR count). The number of aryl methyl sites for hydroxylation is 3. The van der Waals surface area contributed by atoms with E-state index in [1.807, 2.05) is 4.90 Å². The number of amides is 2. The van der Waals surface area contributed by atoms with Gasteiger partial charge in [0.2, 0.25) is 11.8 Å². The number of hydrogen-bond acceptors (Lipinski definition) is 3. The summed E-state index contributed by atoms with van der Waals surface area (Å²) in [5.74, 6) is -0.375. The standard InChI is InChI=1S/C21H30N4O2/c1-4-18-14(3)17-9-13(2)8-16(20(17)24-18)10-23-21(27)15-6-5-7-25(11-15)12-19(22)26/h8-9,15,24H,4-7,10-12H2,1-3H3,(H2,22,26)(H,23,27)/t15-/m0/s1. The maximum Gasteiger partial charge on any atom is 0.231 e. The average molecular weight is 370 g/mol. The minimum absolute atomic E-state index is 0.0535. The van der Waals surface area contributed by atoms with Crippen LogP contribution in [0.3, 0.4) is 0 Å². The highest BCUT2D eigenvalue weighted by Gasteiger charge is 2.26. The van der Waals surface area contributed by atoms with Crippen LogP contribution in [0.1, 0.15) is 42.1 Å². The Kier molecular flexibility index (Phi) is 5.85. The first-order chi connectivity index (χ1) is 12.9. The zero-order valence-corrected chi connectivity index (χ0v) is 16.5. The summed E-state index contributed by atoms with van der Waals surface area (Å²) in [5.41, 5.74) is 11.3. The summed E-state index contributed by atoms with van der Waals surface area (Å²) in [5, 5.41) is 4.34. The Morgan fingerprint density at radius 3 is 2.81 bits per heavy atom. The number of nitrogens with two attached hydrogens (primary N) is 1. The average Bonchev–Trinajstić information content (AvgIpc) is 2.95. The summed E-state index contributed by atoms with van der Waals surface area (Å²) in [6.45, 7) is 8.54. The Morgan fingerprint density at radius 2 is 2.11 bits per heavy atom. The van der Waals surface area contributed by atoms with Crippen molar-refractivity contribution in [3.05, 3.63) is 34.5 Å². The van der Waals surface area contributed by atoms with E-state index in [1.54, 1.807) is 0 Å². The molecule has 0 radical (unpaired) electrons. The van der Waals surface area contributed by atoms with Gasteiger partial charge in [-0.15, -0.1) is 0 Å². The van der Waals surface area contributed by atoms with Gasteiger partial charge in [0.25, 0.3) is 0 Å². The zero-order valence-electron chi connectivity index (χ0n) is 16.5. The van der Waals surface area contributed by atoms with Crippen molar-refractivity contribution in [2.24, 2.45) is 11.7 Å². The van der Waals surface area contributed by atoms with Gasteiger partial charge in [-0.2, -0.15) is 0 Å². The molecule has 2 heterocycles. The van der Waals surface area contributed by atoms with Crippen LogP contribution in [0.25, 0.3) is 10.9 Å². The van der Waals surface area contributed by atoms with Gasteiger partial charge in [0.05, 0.1) is 18.0 Å². The topological polar surface area (TPSA) is 91.2 Å². The largest absolute Gasteiger partial charge is 0.369 e. The second-order valence-corrected chi connectivity index (χ2v) is 7.69. The fraction of sp³-hybridized carbons (Fsp3) is 0.524. The van der Waals surface area contributed by atoms with E-state index in [4.69, 9.17) is 5.73 Å². The number of fused-ring (bicyclic) bond motifs is 1. The molecule has 1 aromatic carbocycles. The molecule has 0 bridgehead atoms. The predicted molar refractivity (Wildman–Crippen MR) is 107 cm³/mol. The molecule has 0 saturated carbocycles. The molecule has 4 N–H and O–H groups in total. The van der Waals surface area contributed by atoms with E-state index in [1.165, 1.54) is 22.2 Å². The van der Waals surface area contributed by atoms with Crippen molar-refractivity contribution in [3.63, 3.8) is 0 Å². The molecule has 27 heavy (non-hydrogen) atoms. The van der Waals surface area contributed by atoms with E-state index >= 15 is 0 Å². The molecule has 2 aromatic rings. The Bertz CT molecular complexity index is 855. The Labute approximate surface area is 160 Å². The Morgan fingerprint density at radius 1 is 1.33 bits per heavy atom. The lowest BCUT2D eigenvalue weighted by atomic mass is 9.97. The number of benzene rings is 1. The highest BCUT2D eigenvalue weighted by Crippen LogP contribution is 2.27. The van der Waals surface area contributed by atoms with Gasteiger partial charge < -0.3 is 16.0 Å². The fourth-order valence-electron chi connectivity index (χ4n) is 4.17. The smallest absolute Gasteiger partial charge is 0.231 e. The third-order valence-corrected chi connectivity index (χ3v) is 5.56. The Hall–Kier alpha value is -2.34. The van der Waals surface area contributed by atoms with Crippen LogP contribution in [0.5, 0.6) is 0 Å². The zero-order chi connectivity index (χ0) is 19.6. The fourth-order valence-corrected chi connectivity index (χ4v) is 4.17. The second kappa shape index (κ2) is 8.13. The van der Waals surface area contributed by atoms with Gasteiger partial charge in [-0.25, -0.2) is 0 Å². The van der Waals surface area contributed by atoms with Crippen molar-refractivity contribution in [2.75, 3.05) is 19.6 Å². The highest BCUT2D eigenvalue weighted by molar-refractivity contribution is 5.88. The number of primary amides is 1. The number of nitrogens with zero attached hydrogens (tertiary/aromatic N) is 1. The van der Waals surface area contributed by atoms with E-state index in [0.29, 0.717) is 13.1 Å². The third-order valence-electron chi connectivity index (χ3n) is 5.56. The summed E-state index contributed by atoms with van der Waals surface area (Å²) in [6.07, 6.45) is 2.73. The molecule has 1 fully saturated rings. The number of piperidine rings is 1. The molecule has 6 heteroatoms. The summed E-state index contributed by atoms with van der Waals surface area (Å²) in [7, 11) is 0. The number of carbonyl (C=O) groups is 2. The molecule has 0 unspecified atom stereocenters. The summed E-state index contributed by atoms with van der Waals surface area (Å²) >= 11 is 0. The number of aromatic amines is 1. The van der Waals surface area contributed by atoms with Crippen LogP contribution < -0.4 is 11.1 Å². The number of hydrogen-bond donors (Lipinski definition) is 3. The monoisotopic (exact) mass is 370 g/mol. The molecule has 6 nitrogen and oxygen atoms in total. The molecule has 1 atom stereocenters. The maximum absolute atomic E-state index is 12.7. The van der Waals surface area contributed by atoms with Crippen LogP contribution >= 0.6 is 0 Å². The minimum Gasteiger partial charge on any atom is -0.369 e. The van der Waals surface area contributed by atoms with E-state index < -0.39 is 0 Å². The van der Waals surface area contributed by atoms with Crippen LogP contribution in [-0.2, 0) is 22.6 Å². The first-order valence-corrected chi connectivity index (χ1v) is 9.78. The molecular weight excluding hydrogens is 340 g/mol. The van der Waals surface area contributed by atoms with Gasteiger partial charge in [-0.1, -0.05) is 18.6 Å². The number of aromatic nitrogens is 1. The van der Waals surface area contributed by atoms with E-state index in [-0.39, 0.29) is 24.3 Å². The second-order valence-electron chi connectivity index (χ2n) is 7.69. The predicted octanol–water partition coefficient (Wildman–Crippen LogP) is 2.16. The number of nitrogens with one attached hydrogen (secondary N) is 2. The van der Waals surface area contributed by atoms with Gasteiger partial charge >= 0.3 is 0 Å². The lowest BCUT2D eigenvalue weighted by Crippen LogP contribution is -2.45. The molecular formula is C21H30N4O2. The normalized spacial score (nSPS) is 18.0. The van der Waals surface area contributed by atoms with Crippen molar-refractivity contribution >= 4 is 22.7 Å². The van der Waals surface area contributed by atoms with Gasteiger partial charge in [0.15, 0.2) is 0 Å². The first-order valence-electron chi connectivity index (χ1n) is 9.78. The van der Waals surface area contributed by atoms with Crippen LogP contribution in [0.15, 0.2) is 12.1 Å². The number of carbonyl (C=O) groups excluding carboxylic acids is 2. The van der Waals surface area contributed by atoms with Crippen LogP contribution in [-0.4, -0.2) is 41.3 Å². The van der Waals surface area contributed by atoms with Gasteiger partial charge in [-0.3, -0.25) is 14.5 Å². The summed E-state index contributed by atoms with van der Waals surface area (Å²) < 4.78 is 0. The van der Waals surface area contributed by atoms with Crippen molar-refractivity contribution in [2.45, 2.75) is 46.6 Å². The quantitative estimate of drug-likeness (QED) is 0.728.